The zero-order valence-electron chi connectivity index (χ0n) is 17.0. The van der Waals surface area contributed by atoms with Crippen molar-refractivity contribution in [2.45, 2.75) is 53.7 Å². The van der Waals surface area contributed by atoms with E-state index in [1.807, 2.05) is 6.92 Å². The largest absolute Gasteiger partial charge is 0.379 e. The second kappa shape index (κ2) is 14.6. The minimum Gasteiger partial charge on any atom is -0.379 e. The molecule has 0 aliphatic rings. The summed E-state index contributed by atoms with van der Waals surface area (Å²) >= 11 is 0. The van der Waals surface area contributed by atoms with E-state index in [2.05, 4.69) is 55.7 Å². The molecule has 0 aliphatic heterocycles. The van der Waals surface area contributed by atoms with Gasteiger partial charge in [-0.2, -0.15) is 0 Å². The van der Waals surface area contributed by atoms with Crippen molar-refractivity contribution in [3.63, 3.8) is 0 Å². The summed E-state index contributed by atoms with van der Waals surface area (Å²) in [6, 6.07) is 8.42. The first kappa shape index (κ1) is 22.5. The maximum Gasteiger partial charge on any atom is 0.191 e. The summed E-state index contributed by atoms with van der Waals surface area (Å²) < 4.78 is 10.9. The Labute approximate surface area is 159 Å². The second-order valence-corrected chi connectivity index (χ2v) is 6.33. The van der Waals surface area contributed by atoms with E-state index in [1.165, 1.54) is 24.0 Å². The molecule has 26 heavy (non-hydrogen) atoms. The van der Waals surface area contributed by atoms with Crippen molar-refractivity contribution in [1.82, 2.24) is 10.6 Å². The van der Waals surface area contributed by atoms with Crippen molar-refractivity contribution >= 4 is 5.96 Å². The standard InChI is InChI=1S/C21H37N3O2/c1-5-18(6-2)15-23-21(22-7-3)24-16-19-10-9-11-20(14-19)17-26-13-12-25-8-4/h9-11,14,18H,5-8,12-13,15-17H2,1-4H3,(H2,22,23,24). The smallest absolute Gasteiger partial charge is 0.191 e. The molecule has 0 aliphatic carbocycles. The van der Waals surface area contributed by atoms with Crippen LogP contribution >= 0.6 is 0 Å². The second-order valence-electron chi connectivity index (χ2n) is 6.33. The molecule has 1 aromatic rings. The van der Waals surface area contributed by atoms with Crippen LogP contribution in [0.3, 0.4) is 0 Å². The molecule has 0 atom stereocenters. The van der Waals surface area contributed by atoms with Gasteiger partial charge in [0.25, 0.3) is 0 Å². The van der Waals surface area contributed by atoms with E-state index in [0.29, 0.717) is 32.3 Å². The Balaban J connectivity index is 2.52. The van der Waals surface area contributed by atoms with Gasteiger partial charge in [-0.25, -0.2) is 4.99 Å². The number of nitrogens with zero attached hydrogens (tertiary/aromatic N) is 1. The van der Waals surface area contributed by atoms with Gasteiger partial charge in [0.2, 0.25) is 0 Å². The minimum absolute atomic E-state index is 0.609. The van der Waals surface area contributed by atoms with Crippen molar-refractivity contribution in [3.8, 4) is 0 Å². The van der Waals surface area contributed by atoms with Gasteiger partial charge >= 0.3 is 0 Å². The van der Waals surface area contributed by atoms with E-state index in [9.17, 15) is 0 Å². The molecule has 5 heteroatoms. The van der Waals surface area contributed by atoms with Crippen LogP contribution in [0.4, 0.5) is 0 Å². The Kier molecular flexibility index (Phi) is 12.6. The molecule has 0 bridgehead atoms. The van der Waals surface area contributed by atoms with Crippen LogP contribution < -0.4 is 10.6 Å². The number of ether oxygens (including phenoxy) is 2. The van der Waals surface area contributed by atoms with Crippen LogP contribution in [0.2, 0.25) is 0 Å². The topological polar surface area (TPSA) is 54.9 Å². The van der Waals surface area contributed by atoms with E-state index >= 15 is 0 Å². The van der Waals surface area contributed by atoms with E-state index in [1.54, 1.807) is 0 Å². The summed E-state index contributed by atoms with van der Waals surface area (Å²) in [5.74, 6) is 1.58. The maximum absolute atomic E-state index is 5.65. The summed E-state index contributed by atoms with van der Waals surface area (Å²) in [7, 11) is 0. The quantitative estimate of drug-likeness (QED) is 0.318. The Morgan fingerprint density at radius 3 is 2.42 bits per heavy atom. The van der Waals surface area contributed by atoms with Gasteiger partial charge in [0, 0.05) is 19.7 Å². The molecule has 0 aromatic heterocycles. The first-order chi connectivity index (χ1) is 12.7. The van der Waals surface area contributed by atoms with E-state index in [-0.39, 0.29) is 0 Å². The lowest BCUT2D eigenvalue weighted by Crippen LogP contribution is -2.39. The predicted molar refractivity (Wildman–Crippen MR) is 109 cm³/mol. The summed E-state index contributed by atoms with van der Waals surface area (Å²) in [4.78, 5) is 4.72. The first-order valence-electron chi connectivity index (χ1n) is 9.98. The number of aliphatic imine (C=N–C) groups is 1. The molecule has 148 valence electrons. The third-order valence-corrected chi connectivity index (χ3v) is 4.31. The monoisotopic (exact) mass is 363 g/mol. The van der Waals surface area contributed by atoms with E-state index in [0.717, 1.165) is 25.7 Å². The number of hydrogen-bond donors (Lipinski definition) is 2. The lowest BCUT2D eigenvalue weighted by atomic mass is 10.0. The first-order valence-corrected chi connectivity index (χ1v) is 9.98. The summed E-state index contributed by atoms with van der Waals surface area (Å²) in [5, 5.41) is 6.79. The van der Waals surface area contributed by atoms with Crippen LogP contribution in [0.25, 0.3) is 0 Å². The van der Waals surface area contributed by atoms with E-state index in [4.69, 9.17) is 14.5 Å². The molecule has 0 radical (unpaired) electrons. The van der Waals surface area contributed by atoms with Crippen molar-refractivity contribution in [3.05, 3.63) is 35.4 Å². The Morgan fingerprint density at radius 1 is 1.00 bits per heavy atom. The van der Waals surface area contributed by atoms with Crippen LogP contribution in [-0.2, 0) is 22.6 Å². The SMILES string of the molecule is CCNC(=NCc1cccc(COCCOCC)c1)NCC(CC)CC. The highest BCUT2D eigenvalue weighted by Gasteiger charge is 2.05. The van der Waals surface area contributed by atoms with Gasteiger partial charge in [-0.1, -0.05) is 51.0 Å². The maximum atomic E-state index is 5.65. The van der Waals surface area contributed by atoms with Gasteiger partial charge in [0.1, 0.15) is 0 Å². The van der Waals surface area contributed by atoms with Gasteiger partial charge in [-0.15, -0.1) is 0 Å². The third kappa shape index (κ3) is 9.78. The summed E-state index contributed by atoms with van der Waals surface area (Å²) in [6.45, 7) is 13.7. The Bertz CT molecular complexity index is 502. The predicted octanol–water partition coefficient (Wildman–Crippen LogP) is 3.73. The van der Waals surface area contributed by atoms with E-state index < -0.39 is 0 Å². The molecule has 2 N–H and O–H groups in total. The molecule has 0 fully saturated rings. The van der Waals surface area contributed by atoms with Gasteiger partial charge < -0.3 is 20.1 Å². The average molecular weight is 364 g/mol. The summed E-state index contributed by atoms with van der Waals surface area (Å²) in [5.41, 5.74) is 2.36. The molecule has 0 heterocycles. The van der Waals surface area contributed by atoms with Crippen molar-refractivity contribution in [1.29, 1.82) is 0 Å². The van der Waals surface area contributed by atoms with Crippen LogP contribution in [-0.4, -0.2) is 38.9 Å². The molecular weight excluding hydrogens is 326 g/mol. The van der Waals surface area contributed by atoms with Gasteiger partial charge in [-0.05, 0) is 30.9 Å². The Hall–Kier alpha value is -1.59. The lowest BCUT2D eigenvalue weighted by Gasteiger charge is -2.16. The molecule has 0 saturated heterocycles. The van der Waals surface area contributed by atoms with Gasteiger partial charge in [0.15, 0.2) is 5.96 Å². The van der Waals surface area contributed by atoms with Crippen LogP contribution in [0.1, 0.15) is 51.7 Å². The highest BCUT2D eigenvalue weighted by molar-refractivity contribution is 5.79. The van der Waals surface area contributed by atoms with Crippen molar-refractivity contribution in [2.75, 3.05) is 32.9 Å². The zero-order valence-corrected chi connectivity index (χ0v) is 17.0. The molecule has 5 nitrogen and oxygen atoms in total. The molecule has 1 rings (SSSR count). The number of benzene rings is 1. The van der Waals surface area contributed by atoms with Gasteiger partial charge in [0.05, 0.1) is 26.4 Å². The minimum atomic E-state index is 0.609. The highest BCUT2D eigenvalue weighted by Crippen LogP contribution is 2.08. The normalized spacial score (nSPS) is 11.8. The molecule has 0 saturated carbocycles. The Morgan fingerprint density at radius 2 is 1.73 bits per heavy atom. The molecule has 0 amide bonds. The zero-order chi connectivity index (χ0) is 19.0. The molecule has 1 aromatic carbocycles. The number of nitrogens with one attached hydrogen (secondary N) is 2. The van der Waals surface area contributed by atoms with Crippen molar-refractivity contribution in [2.24, 2.45) is 10.9 Å². The van der Waals surface area contributed by atoms with Crippen molar-refractivity contribution < 1.29 is 9.47 Å². The van der Waals surface area contributed by atoms with Crippen LogP contribution in [0.5, 0.6) is 0 Å². The fourth-order valence-corrected chi connectivity index (χ4v) is 2.60. The third-order valence-electron chi connectivity index (χ3n) is 4.31. The summed E-state index contributed by atoms with van der Waals surface area (Å²) in [6.07, 6.45) is 2.38. The molecular formula is C21H37N3O2. The van der Waals surface area contributed by atoms with Crippen LogP contribution in [0.15, 0.2) is 29.3 Å². The molecule has 0 spiro atoms. The molecule has 0 unspecified atom stereocenters. The highest BCUT2D eigenvalue weighted by atomic mass is 16.5. The number of hydrogen-bond acceptors (Lipinski definition) is 3. The van der Waals surface area contributed by atoms with Gasteiger partial charge in [-0.3, -0.25) is 0 Å². The lowest BCUT2D eigenvalue weighted by molar-refractivity contribution is 0.0453. The average Bonchev–Trinajstić information content (AvgIpc) is 2.67. The number of rotatable bonds is 13. The number of guanidine groups is 1. The fourth-order valence-electron chi connectivity index (χ4n) is 2.60. The van der Waals surface area contributed by atoms with Crippen LogP contribution in [0, 0.1) is 5.92 Å². The fraction of sp³-hybridized carbons (Fsp3) is 0.667.